The predicted molar refractivity (Wildman–Crippen MR) is 28.6 cm³/mol. The summed E-state index contributed by atoms with van der Waals surface area (Å²) in [6, 6.07) is 0. The molecule has 44 valence electrons. The average molecular weight is 215 g/mol. The summed E-state index contributed by atoms with van der Waals surface area (Å²) in [7, 11) is 0. The first-order valence-corrected chi connectivity index (χ1v) is 4.45. The van der Waals surface area contributed by atoms with E-state index in [9.17, 15) is 5.73 Å². The van der Waals surface area contributed by atoms with Gasteiger partial charge in [-0.3, -0.25) is 0 Å². The first-order chi connectivity index (χ1) is 3.33. The fourth-order valence-corrected chi connectivity index (χ4v) is 0. The van der Waals surface area contributed by atoms with Crippen molar-refractivity contribution in [2.75, 3.05) is 0 Å². The van der Waals surface area contributed by atoms with Crippen LogP contribution in [0.2, 0.25) is 0 Å². The van der Waals surface area contributed by atoms with Crippen molar-refractivity contribution >= 4 is 22.3 Å². The van der Waals surface area contributed by atoms with Gasteiger partial charge in [-0.1, -0.05) is 26.7 Å². The number of unbranched alkanes of at least 4 members (excludes halogenated alkanes) is 1. The molecule has 0 fully saturated rings. The van der Waals surface area contributed by atoms with Crippen LogP contribution in [0, 0.1) is 0 Å². The quantitative estimate of drug-likeness (QED) is 0.588. The number of hydrogen-bond acceptors (Lipinski definition) is 0. The Hall–Kier alpha value is 0.659. The molecule has 0 aliphatic carbocycles. The van der Waals surface area contributed by atoms with Crippen LogP contribution >= 0.6 is 0 Å². The Morgan fingerprint density at radius 2 is 1.29 bits per heavy atom. The Bertz CT molecular complexity index is 17.2. The molecule has 0 bridgehead atoms. The van der Waals surface area contributed by atoms with Gasteiger partial charge in [0.2, 0.25) is 0 Å². The van der Waals surface area contributed by atoms with E-state index in [1.807, 2.05) is 0 Å². The van der Waals surface area contributed by atoms with Gasteiger partial charge >= 0.3 is 28.0 Å². The van der Waals surface area contributed by atoms with Gasteiger partial charge in [0.05, 0.1) is 0 Å². The second kappa shape index (κ2) is 15.9. The third kappa shape index (κ3) is 52.5. The van der Waals surface area contributed by atoms with Crippen LogP contribution in [0.3, 0.4) is 0 Å². The molecule has 0 spiro atoms. The molecule has 0 aromatic carbocycles. The monoisotopic (exact) mass is 216 g/mol. The molecule has 0 heterocycles. The minimum atomic E-state index is -2.77. The Morgan fingerprint density at radius 1 is 1.14 bits per heavy atom. The Kier molecular flexibility index (Phi) is 24.1. The van der Waals surface area contributed by atoms with Crippen LogP contribution in [0.25, 0.3) is 0 Å². The number of hydrogen-bond donors (Lipinski definition) is 0. The molecule has 0 nitrogen and oxygen atoms in total. The van der Waals surface area contributed by atoms with E-state index in [0.717, 1.165) is 0 Å². The molecule has 0 atom stereocenters. The van der Waals surface area contributed by atoms with Gasteiger partial charge in [-0.05, 0) is 0 Å². The molecule has 0 N–H and O–H groups in total. The zero-order chi connectivity index (χ0) is 6.12. The van der Waals surface area contributed by atoms with Crippen molar-refractivity contribution in [3.63, 3.8) is 0 Å². The molecule has 0 aromatic rings. The molecule has 7 heavy (non-hydrogen) atoms. The van der Waals surface area contributed by atoms with Gasteiger partial charge in [0, 0.05) is 0 Å². The summed E-state index contributed by atoms with van der Waals surface area (Å²) >= 11 is -2.77. The van der Waals surface area contributed by atoms with Gasteiger partial charge in [-0.2, -0.15) is 0 Å². The molecule has 0 aliphatic rings. The Balaban J connectivity index is 0. The van der Waals surface area contributed by atoms with Crippen molar-refractivity contribution in [3.8, 4) is 0 Å². The van der Waals surface area contributed by atoms with Crippen molar-refractivity contribution < 1.29 is 5.73 Å². The zero-order valence-corrected chi connectivity index (χ0v) is 7.52. The fraction of sp³-hybridized carbons (Fsp3) is 1.00. The zero-order valence-electron chi connectivity index (χ0n) is 4.67. The topological polar surface area (TPSA) is 0 Å². The van der Waals surface area contributed by atoms with E-state index in [1.54, 1.807) is 0 Å². The van der Waals surface area contributed by atoms with Gasteiger partial charge < -0.3 is 0 Å². The summed E-state index contributed by atoms with van der Waals surface area (Å²) in [5.74, 6) is 0. The van der Waals surface area contributed by atoms with Crippen LogP contribution in [-0.2, 0) is 0 Å². The van der Waals surface area contributed by atoms with Gasteiger partial charge in [0.1, 0.15) is 0 Å². The van der Waals surface area contributed by atoms with Gasteiger partial charge in [0.15, 0.2) is 0 Å². The second-order valence-electron chi connectivity index (χ2n) is 1.07. The molecule has 0 aliphatic heterocycles. The molecular formula is C4H10F2Sn. The van der Waals surface area contributed by atoms with E-state index < -0.39 is 22.3 Å². The molecule has 3 heteroatoms. The molecule has 0 aromatic heterocycles. The summed E-state index contributed by atoms with van der Waals surface area (Å²) in [4.78, 5) is 0. The van der Waals surface area contributed by atoms with Crippen molar-refractivity contribution in [1.29, 1.82) is 0 Å². The second-order valence-corrected chi connectivity index (χ2v) is 1.48. The average Bonchev–Trinajstić information content (AvgIpc) is 1.69. The molecule has 0 saturated carbocycles. The van der Waals surface area contributed by atoms with Crippen molar-refractivity contribution in [3.05, 3.63) is 0 Å². The van der Waals surface area contributed by atoms with E-state index in [2.05, 4.69) is 13.8 Å². The van der Waals surface area contributed by atoms with E-state index in [4.69, 9.17) is 0 Å². The first kappa shape index (κ1) is 10.6. The molecule has 0 unspecified atom stereocenters. The standard InChI is InChI=1S/C4H10.2FH.Sn/c1-3-4-2;;;/h3-4H2,1-2H3;2*1H;/q;;;+2/p-2. The summed E-state index contributed by atoms with van der Waals surface area (Å²) < 4.78 is 19.6. The van der Waals surface area contributed by atoms with Crippen molar-refractivity contribution in [1.82, 2.24) is 0 Å². The van der Waals surface area contributed by atoms with E-state index in [1.165, 1.54) is 12.8 Å². The predicted octanol–water partition coefficient (Wildman–Crippen LogP) is 2.27. The maximum atomic E-state index is 9.80. The molecule has 2 radical (unpaired) electrons. The molecule has 0 rings (SSSR count). The SMILES string of the molecule is CCCC.[F][Sn][F]. The molecular weight excluding hydrogens is 205 g/mol. The summed E-state index contributed by atoms with van der Waals surface area (Å²) in [6.07, 6.45) is 2.64. The number of halogens is 2. The first-order valence-electron chi connectivity index (χ1n) is 2.29. The van der Waals surface area contributed by atoms with E-state index in [0.29, 0.717) is 0 Å². The van der Waals surface area contributed by atoms with Crippen molar-refractivity contribution in [2.24, 2.45) is 0 Å². The Morgan fingerprint density at radius 3 is 1.29 bits per heavy atom. The van der Waals surface area contributed by atoms with Crippen LogP contribution in [-0.4, -0.2) is 22.3 Å². The van der Waals surface area contributed by atoms with E-state index >= 15 is 0 Å². The van der Waals surface area contributed by atoms with Crippen LogP contribution in [0.1, 0.15) is 26.7 Å². The van der Waals surface area contributed by atoms with Crippen LogP contribution in [0.4, 0.5) is 5.73 Å². The fourth-order valence-electron chi connectivity index (χ4n) is 0. The molecule has 0 saturated heterocycles. The maximum absolute atomic E-state index is 9.80. The summed E-state index contributed by atoms with van der Waals surface area (Å²) in [5, 5.41) is 0. The van der Waals surface area contributed by atoms with E-state index in [-0.39, 0.29) is 0 Å². The minimum absolute atomic E-state index is 1.32. The van der Waals surface area contributed by atoms with Crippen molar-refractivity contribution in [2.45, 2.75) is 26.7 Å². The van der Waals surface area contributed by atoms with Gasteiger partial charge in [0.25, 0.3) is 0 Å². The normalized spacial score (nSPS) is 6.86. The third-order valence-electron chi connectivity index (χ3n) is 0.500. The Labute approximate surface area is 55.1 Å². The summed E-state index contributed by atoms with van der Waals surface area (Å²) in [5.41, 5.74) is 0. The van der Waals surface area contributed by atoms with Crippen LogP contribution in [0.5, 0.6) is 0 Å². The number of rotatable bonds is 1. The molecule has 0 amide bonds. The third-order valence-corrected chi connectivity index (χ3v) is 0.500. The summed E-state index contributed by atoms with van der Waals surface area (Å²) in [6.45, 7) is 4.36. The van der Waals surface area contributed by atoms with Gasteiger partial charge in [-0.15, -0.1) is 0 Å². The van der Waals surface area contributed by atoms with Crippen LogP contribution in [0.15, 0.2) is 0 Å². The van der Waals surface area contributed by atoms with Crippen LogP contribution < -0.4 is 0 Å². The van der Waals surface area contributed by atoms with Gasteiger partial charge in [-0.25, -0.2) is 0 Å².